The summed E-state index contributed by atoms with van der Waals surface area (Å²) in [5, 5.41) is 9.49. The molecule has 1 saturated heterocycles. The maximum atomic E-state index is 13.5. The normalized spacial score (nSPS) is 19.1. The van der Waals surface area contributed by atoms with Crippen molar-refractivity contribution >= 4 is 11.8 Å². The third-order valence-electron chi connectivity index (χ3n) is 5.36. The van der Waals surface area contributed by atoms with Crippen LogP contribution in [0, 0.1) is 12.8 Å². The third kappa shape index (κ3) is 4.07. The van der Waals surface area contributed by atoms with Gasteiger partial charge in [-0.2, -0.15) is 0 Å². The van der Waals surface area contributed by atoms with Gasteiger partial charge < -0.3 is 14.9 Å². The SMILES string of the molecule is CCN1C(=O)C[C@@H](C(=O)N(CCO)Cc2ccccn2)[C@@H]1c1ccccc1C. The second-order valence-electron chi connectivity index (χ2n) is 7.10. The van der Waals surface area contributed by atoms with E-state index in [4.69, 9.17) is 0 Å². The van der Waals surface area contributed by atoms with E-state index < -0.39 is 5.92 Å². The monoisotopic (exact) mass is 381 g/mol. The number of carbonyl (C=O) groups excluding carboxylic acids is 2. The standard InChI is InChI=1S/C22H27N3O3/c1-3-25-20(27)14-19(21(25)18-10-5-4-8-16(18)2)22(28)24(12-13-26)15-17-9-6-7-11-23-17/h4-11,19,21,26H,3,12-15H2,1-2H3/t19-,21+/m1/s1. The molecule has 2 amide bonds. The number of hydrogen-bond donors (Lipinski definition) is 1. The van der Waals surface area contributed by atoms with Crippen LogP contribution >= 0.6 is 0 Å². The van der Waals surface area contributed by atoms with E-state index in [9.17, 15) is 14.7 Å². The molecule has 28 heavy (non-hydrogen) atoms. The van der Waals surface area contributed by atoms with Gasteiger partial charge in [-0.15, -0.1) is 0 Å². The molecular weight excluding hydrogens is 354 g/mol. The molecule has 1 N–H and O–H groups in total. The first-order valence-electron chi connectivity index (χ1n) is 9.71. The first-order valence-corrected chi connectivity index (χ1v) is 9.71. The van der Waals surface area contributed by atoms with Crippen molar-refractivity contribution in [1.29, 1.82) is 0 Å². The number of hydrogen-bond acceptors (Lipinski definition) is 4. The lowest BCUT2D eigenvalue weighted by Crippen LogP contribution is -2.40. The molecule has 0 saturated carbocycles. The molecular formula is C22H27N3O3. The van der Waals surface area contributed by atoms with Gasteiger partial charge >= 0.3 is 0 Å². The summed E-state index contributed by atoms with van der Waals surface area (Å²) < 4.78 is 0. The molecule has 0 spiro atoms. The maximum Gasteiger partial charge on any atom is 0.229 e. The Morgan fingerprint density at radius 1 is 1.25 bits per heavy atom. The number of aromatic nitrogens is 1. The van der Waals surface area contributed by atoms with Crippen LogP contribution in [0.15, 0.2) is 48.7 Å². The minimum atomic E-state index is -0.469. The van der Waals surface area contributed by atoms with E-state index in [0.717, 1.165) is 16.8 Å². The quantitative estimate of drug-likeness (QED) is 0.799. The molecule has 2 aromatic rings. The molecule has 1 fully saturated rings. The summed E-state index contributed by atoms with van der Waals surface area (Å²) in [6, 6.07) is 13.2. The van der Waals surface area contributed by atoms with Crippen LogP contribution in [0.2, 0.25) is 0 Å². The summed E-state index contributed by atoms with van der Waals surface area (Å²) in [5.74, 6) is -0.586. The van der Waals surface area contributed by atoms with Crippen LogP contribution in [0.1, 0.15) is 36.2 Å². The molecule has 1 aliphatic heterocycles. The van der Waals surface area contributed by atoms with Gasteiger partial charge in [0.15, 0.2) is 0 Å². The van der Waals surface area contributed by atoms with Crippen LogP contribution in [0.4, 0.5) is 0 Å². The summed E-state index contributed by atoms with van der Waals surface area (Å²) in [7, 11) is 0. The molecule has 6 nitrogen and oxygen atoms in total. The van der Waals surface area contributed by atoms with Gasteiger partial charge in [0.1, 0.15) is 0 Å². The number of carbonyl (C=O) groups is 2. The Morgan fingerprint density at radius 3 is 2.64 bits per heavy atom. The van der Waals surface area contributed by atoms with Gasteiger partial charge in [-0.3, -0.25) is 14.6 Å². The third-order valence-corrected chi connectivity index (χ3v) is 5.36. The average Bonchev–Trinajstić information content (AvgIpc) is 3.04. The summed E-state index contributed by atoms with van der Waals surface area (Å²) in [4.78, 5) is 33.8. The van der Waals surface area contributed by atoms with Gasteiger partial charge in [-0.1, -0.05) is 30.3 Å². The predicted octanol–water partition coefficient (Wildman–Crippen LogP) is 2.32. The van der Waals surface area contributed by atoms with E-state index in [2.05, 4.69) is 4.98 Å². The van der Waals surface area contributed by atoms with Gasteiger partial charge in [-0.25, -0.2) is 0 Å². The molecule has 0 radical (unpaired) electrons. The fourth-order valence-electron chi connectivity index (χ4n) is 4.00. The molecule has 2 atom stereocenters. The number of aliphatic hydroxyl groups is 1. The molecule has 1 aliphatic rings. The Bertz CT molecular complexity index is 825. The highest BCUT2D eigenvalue weighted by molar-refractivity contribution is 5.90. The van der Waals surface area contributed by atoms with Crippen molar-refractivity contribution in [1.82, 2.24) is 14.8 Å². The molecule has 6 heteroatoms. The highest BCUT2D eigenvalue weighted by Gasteiger charge is 2.45. The zero-order valence-corrected chi connectivity index (χ0v) is 16.4. The molecule has 0 aliphatic carbocycles. The number of rotatable bonds is 7. The maximum absolute atomic E-state index is 13.5. The molecule has 0 unspecified atom stereocenters. The number of nitrogens with zero attached hydrogens (tertiary/aromatic N) is 3. The van der Waals surface area contributed by atoms with E-state index in [0.29, 0.717) is 13.1 Å². The number of aliphatic hydroxyl groups excluding tert-OH is 1. The van der Waals surface area contributed by atoms with Crippen molar-refractivity contribution in [2.75, 3.05) is 19.7 Å². The fraction of sp³-hybridized carbons (Fsp3) is 0.409. The topological polar surface area (TPSA) is 73.7 Å². The van der Waals surface area contributed by atoms with Crippen molar-refractivity contribution in [3.63, 3.8) is 0 Å². The molecule has 0 bridgehead atoms. The van der Waals surface area contributed by atoms with E-state index in [1.54, 1.807) is 16.0 Å². The van der Waals surface area contributed by atoms with Crippen molar-refractivity contribution in [3.05, 3.63) is 65.5 Å². The van der Waals surface area contributed by atoms with Crippen LogP contribution in [0.5, 0.6) is 0 Å². The Labute approximate surface area is 165 Å². The van der Waals surface area contributed by atoms with Crippen molar-refractivity contribution in [2.24, 2.45) is 5.92 Å². The number of pyridine rings is 1. The first-order chi connectivity index (χ1) is 13.6. The van der Waals surface area contributed by atoms with E-state index in [-0.39, 0.29) is 37.4 Å². The van der Waals surface area contributed by atoms with Crippen molar-refractivity contribution < 1.29 is 14.7 Å². The second-order valence-corrected chi connectivity index (χ2v) is 7.10. The second kappa shape index (κ2) is 8.97. The van der Waals surface area contributed by atoms with Gasteiger partial charge in [0.2, 0.25) is 11.8 Å². The summed E-state index contributed by atoms with van der Waals surface area (Å²) >= 11 is 0. The van der Waals surface area contributed by atoms with Gasteiger partial charge in [0, 0.05) is 25.7 Å². The lowest BCUT2D eigenvalue weighted by atomic mass is 9.89. The van der Waals surface area contributed by atoms with Crippen LogP contribution in [-0.4, -0.2) is 51.4 Å². The largest absolute Gasteiger partial charge is 0.395 e. The number of aryl methyl sites for hydroxylation is 1. The molecule has 2 heterocycles. The average molecular weight is 381 g/mol. The highest BCUT2D eigenvalue weighted by atomic mass is 16.3. The highest BCUT2D eigenvalue weighted by Crippen LogP contribution is 2.40. The van der Waals surface area contributed by atoms with E-state index in [1.807, 2.05) is 56.3 Å². The fourth-order valence-corrected chi connectivity index (χ4v) is 4.00. The molecule has 1 aromatic heterocycles. The summed E-state index contributed by atoms with van der Waals surface area (Å²) in [6.45, 7) is 4.90. The van der Waals surface area contributed by atoms with Crippen LogP contribution in [0.3, 0.4) is 0 Å². The van der Waals surface area contributed by atoms with E-state index >= 15 is 0 Å². The van der Waals surface area contributed by atoms with E-state index in [1.165, 1.54) is 0 Å². The lowest BCUT2D eigenvalue weighted by molar-refractivity contribution is -0.137. The Morgan fingerprint density at radius 2 is 2.00 bits per heavy atom. The number of benzene rings is 1. The molecule has 1 aromatic carbocycles. The summed E-state index contributed by atoms with van der Waals surface area (Å²) in [5.41, 5.74) is 2.83. The number of amides is 2. The summed E-state index contributed by atoms with van der Waals surface area (Å²) in [6.07, 6.45) is 1.88. The van der Waals surface area contributed by atoms with Crippen LogP contribution in [-0.2, 0) is 16.1 Å². The van der Waals surface area contributed by atoms with Gasteiger partial charge in [0.05, 0.1) is 30.8 Å². The minimum Gasteiger partial charge on any atom is -0.395 e. The first kappa shape index (κ1) is 20.0. The zero-order chi connectivity index (χ0) is 20.1. The van der Waals surface area contributed by atoms with Gasteiger partial charge in [0.25, 0.3) is 0 Å². The molecule has 3 rings (SSSR count). The van der Waals surface area contributed by atoms with Crippen molar-refractivity contribution in [3.8, 4) is 0 Å². The molecule has 148 valence electrons. The Kier molecular flexibility index (Phi) is 6.41. The minimum absolute atomic E-state index is 0.00381. The number of likely N-dealkylation sites (tertiary alicyclic amines) is 1. The Hall–Kier alpha value is -2.73. The van der Waals surface area contributed by atoms with Gasteiger partial charge in [-0.05, 0) is 37.1 Å². The zero-order valence-electron chi connectivity index (χ0n) is 16.4. The van der Waals surface area contributed by atoms with Crippen LogP contribution < -0.4 is 0 Å². The lowest BCUT2D eigenvalue weighted by Gasteiger charge is -2.31. The smallest absolute Gasteiger partial charge is 0.229 e. The van der Waals surface area contributed by atoms with Crippen molar-refractivity contribution in [2.45, 2.75) is 32.9 Å². The predicted molar refractivity (Wildman–Crippen MR) is 106 cm³/mol. The Balaban J connectivity index is 1.92. The van der Waals surface area contributed by atoms with Crippen LogP contribution in [0.25, 0.3) is 0 Å².